The van der Waals surface area contributed by atoms with Gasteiger partial charge in [-0.2, -0.15) is 10.4 Å². The van der Waals surface area contributed by atoms with Crippen LogP contribution in [0.2, 0.25) is 0 Å². The number of nitrogens with zero attached hydrogens (tertiary/aromatic N) is 2. The maximum absolute atomic E-state index is 12.0. The van der Waals surface area contributed by atoms with Gasteiger partial charge in [-0.1, -0.05) is 6.07 Å². The lowest BCUT2D eigenvalue weighted by Gasteiger charge is -2.06. The molecular weight excluding hydrogens is 336 g/mol. The Morgan fingerprint density at radius 2 is 1.96 bits per heavy atom. The third-order valence-corrected chi connectivity index (χ3v) is 3.27. The van der Waals surface area contributed by atoms with Crippen molar-refractivity contribution in [1.29, 1.82) is 5.26 Å². The fraction of sp³-hybridized carbons (Fsp3) is 0.111. The summed E-state index contributed by atoms with van der Waals surface area (Å²) >= 11 is 0. The Balaban J connectivity index is 1.93. The van der Waals surface area contributed by atoms with Crippen molar-refractivity contribution < 1.29 is 19.8 Å². The normalized spacial score (nSPS) is 10.7. The SMILES string of the molecule is CC(CC(=O)Nc1cccc(C#N)c1)=NNC(=O)c1ccc(O)cc1O. The largest absolute Gasteiger partial charge is 0.508 e. The van der Waals surface area contributed by atoms with E-state index >= 15 is 0 Å². The second-order valence-corrected chi connectivity index (χ2v) is 5.41. The van der Waals surface area contributed by atoms with Crippen LogP contribution < -0.4 is 10.7 Å². The molecule has 0 aromatic heterocycles. The van der Waals surface area contributed by atoms with Gasteiger partial charge in [-0.3, -0.25) is 9.59 Å². The number of anilines is 1. The van der Waals surface area contributed by atoms with E-state index in [4.69, 9.17) is 5.26 Å². The Kier molecular flexibility index (Phi) is 5.90. The lowest BCUT2D eigenvalue weighted by molar-refractivity contribution is -0.115. The lowest BCUT2D eigenvalue weighted by atomic mass is 10.2. The molecule has 0 bridgehead atoms. The van der Waals surface area contributed by atoms with Gasteiger partial charge < -0.3 is 15.5 Å². The molecule has 26 heavy (non-hydrogen) atoms. The van der Waals surface area contributed by atoms with Crippen molar-refractivity contribution in [3.05, 3.63) is 53.6 Å². The topological polar surface area (TPSA) is 135 Å². The highest BCUT2D eigenvalue weighted by atomic mass is 16.3. The van der Waals surface area contributed by atoms with E-state index in [2.05, 4.69) is 15.8 Å². The zero-order valence-electron chi connectivity index (χ0n) is 13.9. The molecule has 0 saturated carbocycles. The third-order valence-electron chi connectivity index (χ3n) is 3.27. The average molecular weight is 352 g/mol. The van der Waals surface area contributed by atoms with Gasteiger partial charge in [0, 0.05) is 17.5 Å². The first-order valence-corrected chi connectivity index (χ1v) is 7.54. The zero-order valence-corrected chi connectivity index (χ0v) is 13.9. The minimum atomic E-state index is -0.677. The molecule has 0 radical (unpaired) electrons. The standard InChI is InChI=1S/C18H16N4O4/c1-11(7-17(25)20-13-4-2-3-12(8-13)10-19)21-22-18(26)15-6-5-14(23)9-16(15)24/h2-6,8-9,23-24H,7H2,1H3,(H,20,25)(H,22,26). The van der Waals surface area contributed by atoms with Crippen LogP contribution in [0.5, 0.6) is 11.5 Å². The van der Waals surface area contributed by atoms with Crippen molar-refractivity contribution in [2.75, 3.05) is 5.32 Å². The highest BCUT2D eigenvalue weighted by Gasteiger charge is 2.11. The molecule has 2 amide bonds. The first kappa shape index (κ1) is 18.5. The predicted molar refractivity (Wildman–Crippen MR) is 94.8 cm³/mol. The van der Waals surface area contributed by atoms with E-state index in [-0.39, 0.29) is 29.4 Å². The molecule has 0 aliphatic carbocycles. The summed E-state index contributed by atoms with van der Waals surface area (Å²) in [6.07, 6.45) is -0.0708. The van der Waals surface area contributed by atoms with Crippen molar-refractivity contribution in [1.82, 2.24) is 5.43 Å². The Labute approximate surface area is 149 Å². The van der Waals surface area contributed by atoms with Crippen molar-refractivity contribution in [3.8, 4) is 17.6 Å². The fourth-order valence-electron chi connectivity index (χ4n) is 2.06. The molecule has 0 saturated heterocycles. The zero-order chi connectivity index (χ0) is 19.1. The van der Waals surface area contributed by atoms with Crippen LogP contribution in [0, 0.1) is 11.3 Å². The number of hydrogen-bond donors (Lipinski definition) is 4. The number of aromatic hydroxyl groups is 2. The van der Waals surface area contributed by atoms with E-state index in [0.717, 1.165) is 6.07 Å². The molecule has 2 aromatic rings. The van der Waals surface area contributed by atoms with Crippen LogP contribution in [0.25, 0.3) is 0 Å². The van der Waals surface area contributed by atoms with Gasteiger partial charge in [-0.15, -0.1) is 0 Å². The van der Waals surface area contributed by atoms with Crippen LogP contribution in [-0.4, -0.2) is 27.7 Å². The first-order chi connectivity index (χ1) is 12.4. The molecule has 0 heterocycles. The highest BCUT2D eigenvalue weighted by Crippen LogP contribution is 2.22. The maximum Gasteiger partial charge on any atom is 0.275 e. The number of nitriles is 1. The monoisotopic (exact) mass is 352 g/mol. The molecule has 0 aliphatic heterocycles. The van der Waals surface area contributed by atoms with E-state index in [1.165, 1.54) is 12.1 Å². The minimum absolute atomic E-state index is 0.0582. The van der Waals surface area contributed by atoms with Crippen LogP contribution in [0.3, 0.4) is 0 Å². The van der Waals surface area contributed by atoms with Gasteiger partial charge in [0.1, 0.15) is 11.5 Å². The Morgan fingerprint density at radius 1 is 1.19 bits per heavy atom. The van der Waals surface area contributed by atoms with Gasteiger partial charge in [0.05, 0.1) is 23.6 Å². The van der Waals surface area contributed by atoms with E-state index < -0.39 is 5.91 Å². The summed E-state index contributed by atoms with van der Waals surface area (Å²) < 4.78 is 0. The van der Waals surface area contributed by atoms with Gasteiger partial charge >= 0.3 is 0 Å². The van der Waals surface area contributed by atoms with Gasteiger partial charge in [0.15, 0.2) is 0 Å². The van der Waals surface area contributed by atoms with Gasteiger partial charge in [-0.05, 0) is 37.3 Å². The smallest absolute Gasteiger partial charge is 0.275 e. The number of carbonyl (C=O) groups excluding carboxylic acids is 2. The number of hydrogen-bond acceptors (Lipinski definition) is 6. The molecule has 2 aromatic carbocycles. The molecule has 0 fully saturated rings. The Morgan fingerprint density at radius 3 is 2.65 bits per heavy atom. The molecule has 0 spiro atoms. The van der Waals surface area contributed by atoms with E-state index in [0.29, 0.717) is 17.0 Å². The van der Waals surface area contributed by atoms with Crippen LogP contribution in [0.15, 0.2) is 47.6 Å². The number of rotatable bonds is 5. The van der Waals surface area contributed by atoms with E-state index in [1.807, 2.05) is 6.07 Å². The molecule has 8 nitrogen and oxygen atoms in total. The summed E-state index contributed by atoms with van der Waals surface area (Å²) in [7, 11) is 0. The molecule has 8 heteroatoms. The Bertz CT molecular complexity index is 916. The summed E-state index contributed by atoms with van der Waals surface area (Å²) in [6, 6.07) is 12.0. The number of nitrogens with one attached hydrogen (secondary N) is 2. The number of hydrazone groups is 1. The molecule has 0 atom stereocenters. The van der Waals surface area contributed by atoms with Crippen molar-refractivity contribution in [2.45, 2.75) is 13.3 Å². The predicted octanol–water partition coefficient (Wildman–Crippen LogP) is 2.10. The number of amides is 2. The molecule has 0 unspecified atom stereocenters. The Hall–Kier alpha value is -3.86. The van der Waals surface area contributed by atoms with Crippen molar-refractivity contribution >= 4 is 23.2 Å². The van der Waals surface area contributed by atoms with E-state index in [1.54, 1.807) is 31.2 Å². The molecule has 0 aliphatic rings. The minimum Gasteiger partial charge on any atom is -0.508 e. The summed E-state index contributed by atoms with van der Waals surface area (Å²) in [4.78, 5) is 23.9. The van der Waals surface area contributed by atoms with E-state index in [9.17, 15) is 19.8 Å². The van der Waals surface area contributed by atoms with Crippen LogP contribution in [-0.2, 0) is 4.79 Å². The maximum atomic E-state index is 12.0. The fourth-order valence-corrected chi connectivity index (χ4v) is 2.06. The first-order valence-electron chi connectivity index (χ1n) is 7.54. The second kappa shape index (κ2) is 8.30. The lowest BCUT2D eigenvalue weighted by Crippen LogP contribution is -2.21. The number of phenols is 2. The molecule has 2 rings (SSSR count). The number of benzene rings is 2. The van der Waals surface area contributed by atoms with Gasteiger partial charge in [0.25, 0.3) is 5.91 Å². The molecular formula is C18H16N4O4. The van der Waals surface area contributed by atoms with Crippen LogP contribution in [0.1, 0.15) is 29.3 Å². The summed E-state index contributed by atoms with van der Waals surface area (Å²) in [5.74, 6) is -1.59. The molecule has 4 N–H and O–H groups in total. The highest BCUT2D eigenvalue weighted by molar-refractivity contribution is 6.06. The number of phenolic OH excluding ortho intramolecular Hbond substituents is 2. The van der Waals surface area contributed by atoms with Gasteiger partial charge in [-0.25, -0.2) is 5.43 Å². The van der Waals surface area contributed by atoms with Crippen LogP contribution in [0.4, 0.5) is 5.69 Å². The average Bonchev–Trinajstić information content (AvgIpc) is 2.59. The van der Waals surface area contributed by atoms with Crippen molar-refractivity contribution in [2.24, 2.45) is 5.10 Å². The summed E-state index contributed by atoms with van der Waals surface area (Å²) in [5, 5.41) is 34.1. The third kappa shape index (κ3) is 5.07. The molecule has 132 valence electrons. The van der Waals surface area contributed by atoms with Gasteiger partial charge in [0.2, 0.25) is 5.91 Å². The van der Waals surface area contributed by atoms with Crippen molar-refractivity contribution in [3.63, 3.8) is 0 Å². The summed E-state index contributed by atoms with van der Waals surface area (Å²) in [5.41, 5.74) is 3.42. The summed E-state index contributed by atoms with van der Waals surface area (Å²) in [6.45, 7) is 1.56. The quantitative estimate of drug-likeness (QED) is 0.483. The number of carbonyl (C=O) groups is 2. The van der Waals surface area contributed by atoms with Crippen LogP contribution >= 0.6 is 0 Å². The second-order valence-electron chi connectivity index (χ2n) is 5.41.